The lowest BCUT2D eigenvalue weighted by Crippen LogP contribution is -1.70. The first-order chi connectivity index (χ1) is 5.27. The van der Waals surface area contributed by atoms with Crippen LogP contribution in [0.3, 0.4) is 0 Å². The van der Waals surface area contributed by atoms with Gasteiger partial charge in [0.2, 0.25) is 0 Å². The Bertz CT molecular complexity index is 392. The molecule has 1 aromatic heterocycles. The molecule has 0 fully saturated rings. The average molecular weight is 184 g/mol. The zero-order chi connectivity index (χ0) is 7.84. The molecule has 0 aliphatic carbocycles. The molecule has 0 bridgehead atoms. The van der Waals surface area contributed by atoms with Crippen LogP contribution in [0.25, 0.3) is 10.1 Å². The number of benzene rings is 1. The van der Waals surface area contributed by atoms with E-state index in [0.29, 0.717) is 0 Å². The molecule has 11 heavy (non-hydrogen) atoms. The van der Waals surface area contributed by atoms with Crippen molar-refractivity contribution in [1.82, 2.24) is 0 Å². The van der Waals surface area contributed by atoms with Crippen molar-refractivity contribution in [1.29, 1.82) is 0 Å². The number of hydrogen-bond acceptors (Lipinski definition) is 2. The normalized spacial score (nSPS) is 10.7. The topological polar surface area (TPSA) is 0 Å². The van der Waals surface area contributed by atoms with Crippen LogP contribution in [0.1, 0.15) is 0 Å². The fraction of sp³-hybridized carbons (Fsp3) is 0. The quantitative estimate of drug-likeness (QED) is 0.596. The summed E-state index contributed by atoms with van der Waals surface area (Å²) in [5, 5.41) is 2.81. The zero-order valence-electron chi connectivity index (χ0n) is 5.54. The van der Waals surface area contributed by atoms with E-state index in [1.54, 1.807) is 17.4 Å². The Kier molecular flexibility index (Phi) is 1.62. The molecule has 0 aliphatic heterocycles. The predicted octanol–water partition coefficient (Wildman–Crippen LogP) is 3.33. The standard InChI is InChI=1S/C8H5FS2/c9-5-1-2-8-6(3-5)7(10)4-11-8/h1-4,10H. The molecule has 0 saturated heterocycles. The molecule has 0 spiro atoms. The van der Waals surface area contributed by atoms with Crippen LogP contribution in [0.5, 0.6) is 0 Å². The van der Waals surface area contributed by atoms with Crippen molar-refractivity contribution in [3.05, 3.63) is 29.4 Å². The number of rotatable bonds is 0. The van der Waals surface area contributed by atoms with Crippen LogP contribution in [0.4, 0.5) is 4.39 Å². The molecule has 0 aliphatic rings. The van der Waals surface area contributed by atoms with Gasteiger partial charge in [-0.2, -0.15) is 0 Å². The van der Waals surface area contributed by atoms with E-state index in [2.05, 4.69) is 12.6 Å². The van der Waals surface area contributed by atoms with Gasteiger partial charge in [0.15, 0.2) is 0 Å². The Labute approximate surface area is 73.1 Å². The van der Waals surface area contributed by atoms with Crippen molar-refractivity contribution in [2.75, 3.05) is 0 Å². The minimum atomic E-state index is -0.203. The Morgan fingerprint density at radius 2 is 2.18 bits per heavy atom. The molecule has 0 nitrogen and oxygen atoms in total. The molecule has 0 atom stereocenters. The molecule has 3 heteroatoms. The van der Waals surface area contributed by atoms with E-state index >= 15 is 0 Å². The summed E-state index contributed by atoms with van der Waals surface area (Å²) in [6, 6.07) is 4.75. The predicted molar refractivity (Wildman–Crippen MR) is 49.0 cm³/mol. The summed E-state index contributed by atoms with van der Waals surface area (Å²) in [6.07, 6.45) is 0. The second-order valence-electron chi connectivity index (χ2n) is 2.26. The molecule has 0 radical (unpaired) electrons. The van der Waals surface area contributed by atoms with Crippen molar-refractivity contribution in [2.24, 2.45) is 0 Å². The van der Waals surface area contributed by atoms with E-state index in [-0.39, 0.29) is 5.82 Å². The van der Waals surface area contributed by atoms with E-state index < -0.39 is 0 Å². The van der Waals surface area contributed by atoms with Crippen LogP contribution >= 0.6 is 24.0 Å². The molecule has 0 saturated carbocycles. The number of hydrogen-bond donors (Lipinski definition) is 1. The fourth-order valence-electron chi connectivity index (χ4n) is 0.988. The Hall–Kier alpha value is -0.540. The van der Waals surface area contributed by atoms with E-state index in [0.717, 1.165) is 15.0 Å². The minimum Gasteiger partial charge on any atom is -0.207 e. The van der Waals surface area contributed by atoms with E-state index in [4.69, 9.17) is 0 Å². The fourth-order valence-corrected chi connectivity index (χ4v) is 2.21. The third-order valence-corrected chi connectivity index (χ3v) is 3.02. The molecule has 2 rings (SSSR count). The van der Waals surface area contributed by atoms with Crippen molar-refractivity contribution >= 4 is 34.1 Å². The van der Waals surface area contributed by atoms with Gasteiger partial charge in [-0.1, -0.05) is 0 Å². The van der Waals surface area contributed by atoms with Crippen molar-refractivity contribution in [3.8, 4) is 0 Å². The maximum absolute atomic E-state index is 12.7. The maximum Gasteiger partial charge on any atom is 0.123 e. The molecule has 0 unspecified atom stereocenters. The lowest BCUT2D eigenvalue weighted by atomic mass is 10.2. The van der Waals surface area contributed by atoms with Gasteiger partial charge < -0.3 is 0 Å². The second kappa shape index (κ2) is 2.50. The number of thiophene rings is 1. The Balaban J connectivity index is 2.87. The van der Waals surface area contributed by atoms with Crippen molar-refractivity contribution in [3.63, 3.8) is 0 Å². The van der Waals surface area contributed by atoms with Gasteiger partial charge in [0.25, 0.3) is 0 Å². The summed E-state index contributed by atoms with van der Waals surface area (Å²) >= 11 is 5.77. The summed E-state index contributed by atoms with van der Waals surface area (Å²) in [6.45, 7) is 0. The first-order valence-corrected chi connectivity index (χ1v) is 4.46. The summed E-state index contributed by atoms with van der Waals surface area (Å²) in [5.74, 6) is -0.203. The van der Waals surface area contributed by atoms with Gasteiger partial charge >= 0.3 is 0 Å². The van der Waals surface area contributed by atoms with E-state index in [1.165, 1.54) is 12.1 Å². The van der Waals surface area contributed by atoms with E-state index in [1.807, 2.05) is 5.38 Å². The molecular weight excluding hydrogens is 179 g/mol. The Morgan fingerprint density at radius 3 is 3.00 bits per heavy atom. The summed E-state index contributed by atoms with van der Waals surface area (Å²) < 4.78 is 13.7. The molecule has 1 heterocycles. The highest BCUT2D eigenvalue weighted by Gasteiger charge is 2.00. The van der Waals surface area contributed by atoms with Gasteiger partial charge in [0, 0.05) is 20.4 Å². The molecule has 0 N–H and O–H groups in total. The largest absolute Gasteiger partial charge is 0.207 e. The summed E-state index contributed by atoms with van der Waals surface area (Å²) in [7, 11) is 0. The molecular formula is C8H5FS2. The van der Waals surface area contributed by atoms with Gasteiger partial charge in [-0.15, -0.1) is 24.0 Å². The van der Waals surface area contributed by atoms with Crippen LogP contribution in [0.2, 0.25) is 0 Å². The number of halogens is 1. The maximum atomic E-state index is 12.7. The van der Waals surface area contributed by atoms with Crippen molar-refractivity contribution < 1.29 is 4.39 Å². The smallest absolute Gasteiger partial charge is 0.123 e. The van der Waals surface area contributed by atoms with E-state index in [9.17, 15) is 4.39 Å². The van der Waals surface area contributed by atoms with Gasteiger partial charge in [0.1, 0.15) is 5.82 Å². The third kappa shape index (κ3) is 1.14. The van der Waals surface area contributed by atoms with Crippen molar-refractivity contribution in [2.45, 2.75) is 4.90 Å². The highest BCUT2D eigenvalue weighted by molar-refractivity contribution is 7.80. The van der Waals surface area contributed by atoms with Crippen LogP contribution < -0.4 is 0 Å². The Morgan fingerprint density at radius 1 is 1.36 bits per heavy atom. The third-order valence-electron chi connectivity index (χ3n) is 1.52. The highest BCUT2D eigenvalue weighted by atomic mass is 32.1. The van der Waals surface area contributed by atoms with Gasteiger partial charge in [-0.25, -0.2) is 4.39 Å². The van der Waals surface area contributed by atoms with Crippen LogP contribution in [-0.4, -0.2) is 0 Å². The lowest BCUT2D eigenvalue weighted by Gasteiger charge is -1.89. The highest BCUT2D eigenvalue weighted by Crippen LogP contribution is 2.28. The number of thiol groups is 1. The first kappa shape index (κ1) is 7.13. The second-order valence-corrected chi connectivity index (χ2v) is 3.65. The average Bonchev–Trinajstić information content (AvgIpc) is 2.33. The van der Waals surface area contributed by atoms with Crippen LogP contribution in [0.15, 0.2) is 28.5 Å². The number of fused-ring (bicyclic) bond motifs is 1. The minimum absolute atomic E-state index is 0.203. The molecule has 0 amide bonds. The lowest BCUT2D eigenvalue weighted by molar-refractivity contribution is 0.629. The summed E-state index contributed by atoms with van der Waals surface area (Å²) in [5.41, 5.74) is 0. The van der Waals surface area contributed by atoms with Gasteiger partial charge in [0.05, 0.1) is 0 Å². The molecule has 2 aromatic rings. The first-order valence-electron chi connectivity index (χ1n) is 3.13. The zero-order valence-corrected chi connectivity index (χ0v) is 7.25. The monoisotopic (exact) mass is 184 g/mol. The SMILES string of the molecule is Fc1ccc2scc(S)c2c1. The van der Waals surface area contributed by atoms with Gasteiger partial charge in [-0.3, -0.25) is 0 Å². The summed E-state index contributed by atoms with van der Waals surface area (Å²) in [4.78, 5) is 0.851. The molecule has 1 aromatic carbocycles. The van der Waals surface area contributed by atoms with Crippen LogP contribution in [0, 0.1) is 5.82 Å². The molecule has 56 valence electrons. The van der Waals surface area contributed by atoms with Crippen LogP contribution in [-0.2, 0) is 0 Å². The van der Waals surface area contributed by atoms with Gasteiger partial charge in [-0.05, 0) is 18.2 Å².